The van der Waals surface area contributed by atoms with Crippen LogP contribution in [0.3, 0.4) is 0 Å². The largest absolute Gasteiger partial charge is 1.00 e. The topological polar surface area (TPSA) is 3.24 Å². The Bertz CT molecular complexity index is 1270. The van der Waals surface area contributed by atoms with Crippen LogP contribution in [0.25, 0.3) is 6.08 Å². The molecule has 1 nitrogen and oxygen atoms in total. The third-order valence-electron chi connectivity index (χ3n) is 6.57. The molecule has 0 fully saturated rings. The van der Waals surface area contributed by atoms with Gasteiger partial charge in [0.15, 0.2) is 0 Å². The van der Waals surface area contributed by atoms with Crippen LogP contribution < -0.4 is 29.7 Å². The summed E-state index contributed by atoms with van der Waals surface area (Å²) in [6.07, 6.45) is 6.08. The van der Waals surface area contributed by atoms with Gasteiger partial charge in [-0.2, -0.15) is 0 Å². The predicted molar refractivity (Wildman–Crippen MR) is 127 cm³/mol. The summed E-state index contributed by atoms with van der Waals surface area (Å²) in [5, 5.41) is 0. The minimum absolute atomic E-state index is 0. The van der Waals surface area contributed by atoms with Crippen molar-refractivity contribution in [2.24, 2.45) is 0 Å². The van der Waals surface area contributed by atoms with Gasteiger partial charge in [-0.05, 0) is 0 Å². The molecule has 3 aliphatic rings. The molecule has 0 bridgehead atoms. The van der Waals surface area contributed by atoms with E-state index in [4.69, 9.17) is 0 Å². The average Bonchev–Trinajstić information content (AvgIpc) is 3.32. The Balaban J connectivity index is 0.00000130. The van der Waals surface area contributed by atoms with Crippen molar-refractivity contribution in [2.45, 2.75) is 33.7 Å². The Hall–Kier alpha value is -1.52. The molecular weight excluding hydrogens is 632 g/mol. The molecule has 0 radical (unpaired) electrons. The van der Waals surface area contributed by atoms with Crippen molar-refractivity contribution in [3.63, 3.8) is 0 Å². The van der Waals surface area contributed by atoms with Crippen molar-refractivity contribution in [1.29, 1.82) is 0 Å². The van der Waals surface area contributed by atoms with E-state index in [1.807, 2.05) is 11.8 Å². The van der Waals surface area contributed by atoms with Crippen molar-refractivity contribution in [1.82, 2.24) is 0 Å². The Morgan fingerprint density at radius 1 is 0.818 bits per heavy atom. The third-order valence-corrected chi connectivity index (χ3v) is 14.3. The summed E-state index contributed by atoms with van der Waals surface area (Å²) in [4.78, 5) is 5.27. The number of para-hydroxylation sites is 2. The molecule has 0 saturated heterocycles. The first kappa shape index (κ1) is 24.6. The number of halogens is 2. The van der Waals surface area contributed by atoms with Gasteiger partial charge in [0, 0.05) is 0 Å². The maximum Gasteiger partial charge on any atom is -1.00 e. The van der Waals surface area contributed by atoms with E-state index in [0.29, 0.717) is 3.67 Å². The van der Waals surface area contributed by atoms with E-state index in [-0.39, 0.29) is 24.8 Å². The molecule has 0 amide bonds. The fourth-order valence-corrected chi connectivity index (χ4v) is 12.2. The van der Waals surface area contributed by atoms with Gasteiger partial charge in [-0.1, -0.05) is 0 Å². The van der Waals surface area contributed by atoms with Crippen LogP contribution in [0, 0.1) is 0 Å². The first-order valence-electron chi connectivity index (χ1n) is 10.8. The number of hydrogen-bond donors (Lipinski definition) is 0. The first-order chi connectivity index (χ1) is 15.2. The molecule has 3 aromatic carbocycles. The number of benzene rings is 3. The second-order valence-corrected chi connectivity index (χ2v) is 14.7. The van der Waals surface area contributed by atoms with Gasteiger partial charge in [0.2, 0.25) is 0 Å². The molecule has 164 valence electrons. The van der Waals surface area contributed by atoms with Crippen molar-refractivity contribution < 1.29 is 47.7 Å². The summed E-state index contributed by atoms with van der Waals surface area (Å²) in [7, 11) is 0. The van der Waals surface area contributed by atoms with Gasteiger partial charge in [0.05, 0.1) is 0 Å². The van der Waals surface area contributed by atoms with Crippen LogP contribution in [0.2, 0.25) is 0 Å². The third kappa shape index (κ3) is 4.23. The van der Waals surface area contributed by atoms with Crippen LogP contribution in [0.1, 0.15) is 35.1 Å². The van der Waals surface area contributed by atoms with E-state index in [1.54, 1.807) is 14.5 Å². The maximum absolute atomic E-state index is 2.57. The van der Waals surface area contributed by atoms with Crippen molar-refractivity contribution in [3.8, 4) is 0 Å². The zero-order chi connectivity index (χ0) is 20.9. The summed E-state index contributed by atoms with van der Waals surface area (Å²) in [5.41, 5.74) is 10.1. The van der Waals surface area contributed by atoms with Crippen molar-refractivity contribution in [3.05, 3.63) is 110 Å². The monoisotopic (exact) mass is 655 g/mol. The zero-order valence-electron chi connectivity index (χ0n) is 18.5. The number of rotatable bonds is 3. The van der Waals surface area contributed by atoms with E-state index in [2.05, 4.69) is 104 Å². The van der Waals surface area contributed by atoms with E-state index in [9.17, 15) is 0 Å². The van der Waals surface area contributed by atoms with Crippen LogP contribution in [-0.4, -0.2) is 0 Å². The molecule has 3 aromatic rings. The van der Waals surface area contributed by atoms with Crippen LogP contribution in [0.15, 0.2) is 109 Å². The molecule has 33 heavy (non-hydrogen) atoms. The van der Waals surface area contributed by atoms with Gasteiger partial charge in [-0.3, -0.25) is 0 Å². The smallest absolute Gasteiger partial charge is 1.00 e. The van der Waals surface area contributed by atoms with Crippen molar-refractivity contribution >= 4 is 29.2 Å². The summed E-state index contributed by atoms with van der Waals surface area (Å²) in [6.45, 7) is 4.62. The number of hydrogen-bond acceptors (Lipinski definition) is 2. The average molecular weight is 655 g/mol. The zero-order valence-corrected chi connectivity index (χ0v) is 24.4. The number of fused-ring (bicyclic) bond motifs is 3. The maximum atomic E-state index is 2.57. The molecule has 1 aliphatic heterocycles. The van der Waals surface area contributed by atoms with E-state index in [0.717, 1.165) is 0 Å². The number of anilines is 2. The van der Waals surface area contributed by atoms with E-state index >= 15 is 0 Å². The molecule has 0 aromatic heterocycles. The van der Waals surface area contributed by atoms with Crippen LogP contribution >= 0.6 is 11.8 Å². The van der Waals surface area contributed by atoms with Gasteiger partial charge >= 0.3 is 201 Å². The molecule has 5 heteroatoms. The predicted octanol–water partition coefficient (Wildman–Crippen LogP) is 2.10. The molecule has 6 rings (SSSR count). The standard InChI is InChI=1S/C21H14NS.C7H9.2ClH.Hf/c1-2-8-16-14-17(13-15(16)7-1)22-18-9-3-5-11-20(18)23-21-12-6-4-10-19(21)22;1-6-4-3-5-7(6)2;;;/h1-14H;4H,3H2,1-2H3;2*1H;/q;;;;+2/p-2. The van der Waals surface area contributed by atoms with Crippen LogP contribution in [-0.2, 0) is 22.9 Å². The van der Waals surface area contributed by atoms with Crippen LogP contribution in [0.4, 0.5) is 11.4 Å². The normalized spacial score (nSPS) is 17.6. The molecule has 1 heterocycles. The fourth-order valence-electron chi connectivity index (χ4n) is 4.78. The summed E-state index contributed by atoms with van der Waals surface area (Å²) < 4.78 is 2.34. The van der Waals surface area contributed by atoms with Gasteiger partial charge in [-0.15, -0.1) is 0 Å². The Morgan fingerprint density at radius 3 is 2.06 bits per heavy atom. The molecule has 1 unspecified atom stereocenters. The number of nitrogens with zero attached hydrogens (tertiary/aromatic N) is 1. The fraction of sp³-hybridized carbons (Fsp3) is 0.143. The van der Waals surface area contributed by atoms with E-state index < -0.39 is 22.9 Å². The number of allylic oxidation sites excluding steroid dienone is 5. The molecular formula is C28H23Cl2HfNS. The molecule has 0 saturated carbocycles. The minimum atomic E-state index is -1.14. The minimum Gasteiger partial charge on any atom is -1.00 e. The second-order valence-electron chi connectivity index (χ2n) is 8.34. The molecule has 2 aliphatic carbocycles. The second kappa shape index (κ2) is 10.00. The molecule has 0 N–H and O–H groups in total. The first-order valence-corrected chi connectivity index (χ1v) is 15.5. The summed E-state index contributed by atoms with van der Waals surface area (Å²) >= 11 is 0.753. The molecule has 1 atom stereocenters. The van der Waals surface area contributed by atoms with Gasteiger partial charge in [0.25, 0.3) is 0 Å². The Morgan fingerprint density at radius 2 is 1.42 bits per heavy atom. The summed E-state index contributed by atoms with van der Waals surface area (Å²) in [6, 6.07) is 26.9. The Kier molecular flexibility index (Phi) is 7.45. The van der Waals surface area contributed by atoms with Gasteiger partial charge in [-0.25, -0.2) is 0 Å². The molecule has 0 spiro atoms. The quantitative estimate of drug-likeness (QED) is 0.399. The van der Waals surface area contributed by atoms with Gasteiger partial charge in [0.1, 0.15) is 0 Å². The van der Waals surface area contributed by atoms with Gasteiger partial charge < -0.3 is 24.8 Å². The van der Waals surface area contributed by atoms with Crippen molar-refractivity contribution in [2.75, 3.05) is 4.90 Å². The van der Waals surface area contributed by atoms with Crippen LogP contribution in [0.5, 0.6) is 0 Å². The summed E-state index contributed by atoms with van der Waals surface area (Å²) in [5.74, 6) is 0. The van der Waals surface area contributed by atoms with E-state index in [1.165, 1.54) is 44.4 Å². The Labute approximate surface area is 224 Å². The SMILES string of the molecule is CC1=CC[C]([Hf+2][CH]2C(N3c4ccccc4Sc4ccccc43)=Cc3ccccc32)=C1C.[Cl-].[Cl-].